The SMILES string of the molecule is CC(C=C(Cl)Cl)C(C)C(=O)OCc1cccc(Oc2ccccc2)c1. The van der Waals surface area contributed by atoms with E-state index in [0.717, 1.165) is 11.3 Å². The van der Waals surface area contributed by atoms with E-state index in [1.165, 1.54) is 0 Å². The second-order valence-corrected chi connectivity index (χ2v) is 6.78. The highest BCUT2D eigenvalue weighted by molar-refractivity contribution is 6.55. The van der Waals surface area contributed by atoms with Crippen molar-refractivity contribution in [3.8, 4) is 11.5 Å². The fraction of sp³-hybridized carbons (Fsp3) is 0.250. The van der Waals surface area contributed by atoms with Crippen molar-refractivity contribution in [2.24, 2.45) is 11.8 Å². The maximum absolute atomic E-state index is 12.1. The number of carbonyl (C=O) groups is 1. The normalized spacial score (nSPS) is 12.8. The Labute approximate surface area is 158 Å². The average molecular weight is 379 g/mol. The molecular weight excluding hydrogens is 359 g/mol. The molecule has 0 radical (unpaired) electrons. The van der Waals surface area contributed by atoms with Crippen LogP contribution >= 0.6 is 23.2 Å². The molecule has 2 aromatic carbocycles. The van der Waals surface area contributed by atoms with Crippen LogP contribution in [0.1, 0.15) is 19.4 Å². The molecule has 0 spiro atoms. The van der Waals surface area contributed by atoms with Gasteiger partial charge in [-0.25, -0.2) is 0 Å². The van der Waals surface area contributed by atoms with Crippen LogP contribution in [-0.4, -0.2) is 5.97 Å². The van der Waals surface area contributed by atoms with Gasteiger partial charge in [0, 0.05) is 0 Å². The van der Waals surface area contributed by atoms with Crippen molar-refractivity contribution in [3.63, 3.8) is 0 Å². The number of halogens is 2. The van der Waals surface area contributed by atoms with E-state index in [2.05, 4.69) is 0 Å². The molecule has 0 saturated carbocycles. The van der Waals surface area contributed by atoms with Gasteiger partial charge in [-0.05, 0) is 35.7 Å². The zero-order valence-electron chi connectivity index (χ0n) is 14.1. The molecule has 0 aliphatic rings. The minimum absolute atomic E-state index is 0.106. The third-order valence-corrected chi connectivity index (χ3v) is 4.06. The molecular formula is C20H20Cl2O3. The largest absolute Gasteiger partial charge is 0.461 e. The minimum Gasteiger partial charge on any atom is -0.461 e. The Morgan fingerprint density at radius 1 is 1.04 bits per heavy atom. The topological polar surface area (TPSA) is 35.5 Å². The number of hydrogen-bond donors (Lipinski definition) is 0. The van der Waals surface area contributed by atoms with Gasteiger partial charge < -0.3 is 9.47 Å². The Bertz CT molecular complexity index is 725. The van der Waals surface area contributed by atoms with E-state index in [1.54, 1.807) is 13.0 Å². The predicted molar refractivity (Wildman–Crippen MR) is 101 cm³/mol. The number of para-hydroxylation sites is 1. The van der Waals surface area contributed by atoms with Crippen LogP contribution in [0.2, 0.25) is 0 Å². The van der Waals surface area contributed by atoms with Crippen molar-refractivity contribution in [2.75, 3.05) is 0 Å². The fourth-order valence-electron chi connectivity index (χ4n) is 2.17. The summed E-state index contributed by atoms with van der Waals surface area (Å²) in [5, 5.41) is 0. The van der Waals surface area contributed by atoms with Gasteiger partial charge in [0.25, 0.3) is 0 Å². The summed E-state index contributed by atoms with van der Waals surface area (Å²) < 4.78 is 11.3. The molecule has 0 aromatic heterocycles. The molecule has 2 atom stereocenters. The van der Waals surface area contributed by atoms with Crippen LogP contribution in [-0.2, 0) is 16.1 Å². The number of hydrogen-bond acceptors (Lipinski definition) is 3. The molecule has 132 valence electrons. The molecule has 2 unspecified atom stereocenters. The van der Waals surface area contributed by atoms with E-state index < -0.39 is 0 Å². The van der Waals surface area contributed by atoms with Crippen molar-refractivity contribution in [2.45, 2.75) is 20.5 Å². The maximum atomic E-state index is 12.1. The van der Waals surface area contributed by atoms with Gasteiger partial charge in [0.2, 0.25) is 0 Å². The van der Waals surface area contributed by atoms with E-state index in [-0.39, 0.29) is 28.9 Å². The highest BCUT2D eigenvalue weighted by Crippen LogP contribution is 2.23. The van der Waals surface area contributed by atoms with Crippen LogP contribution in [0.15, 0.2) is 65.2 Å². The first-order valence-electron chi connectivity index (χ1n) is 7.97. The molecule has 0 saturated heterocycles. The summed E-state index contributed by atoms with van der Waals surface area (Å²) in [7, 11) is 0. The van der Waals surface area contributed by atoms with E-state index in [4.69, 9.17) is 32.7 Å². The first kappa shape index (κ1) is 19.4. The fourth-order valence-corrected chi connectivity index (χ4v) is 2.56. The van der Waals surface area contributed by atoms with Crippen molar-refractivity contribution in [1.82, 2.24) is 0 Å². The Balaban J connectivity index is 1.93. The number of rotatable bonds is 7. The summed E-state index contributed by atoms with van der Waals surface area (Å²) in [5.74, 6) is 0.705. The second kappa shape index (κ2) is 9.50. The molecule has 0 aliphatic heterocycles. The zero-order valence-corrected chi connectivity index (χ0v) is 15.6. The van der Waals surface area contributed by atoms with Crippen molar-refractivity contribution >= 4 is 29.2 Å². The number of allylic oxidation sites excluding steroid dienone is 1. The standard InChI is InChI=1S/C20H20Cl2O3/c1-14(11-19(21)22)15(2)20(23)24-13-16-7-6-10-18(12-16)25-17-8-4-3-5-9-17/h3-12,14-15H,13H2,1-2H3. The van der Waals surface area contributed by atoms with Gasteiger partial charge in [0.15, 0.2) is 0 Å². The van der Waals surface area contributed by atoms with Crippen LogP contribution in [0.5, 0.6) is 11.5 Å². The van der Waals surface area contributed by atoms with Crippen LogP contribution in [0.4, 0.5) is 0 Å². The molecule has 0 N–H and O–H groups in total. The van der Waals surface area contributed by atoms with Crippen LogP contribution in [0.3, 0.4) is 0 Å². The summed E-state index contributed by atoms with van der Waals surface area (Å²) in [4.78, 5) is 12.1. The Kier molecular flexibility index (Phi) is 7.35. The monoisotopic (exact) mass is 378 g/mol. The first-order valence-corrected chi connectivity index (χ1v) is 8.72. The van der Waals surface area contributed by atoms with Crippen LogP contribution < -0.4 is 4.74 Å². The molecule has 3 nitrogen and oxygen atoms in total. The lowest BCUT2D eigenvalue weighted by atomic mass is 9.96. The van der Waals surface area contributed by atoms with Gasteiger partial charge in [-0.15, -0.1) is 0 Å². The number of esters is 1. The summed E-state index contributed by atoms with van der Waals surface area (Å²) in [6, 6.07) is 17.0. The Morgan fingerprint density at radius 3 is 2.40 bits per heavy atom. The smallest absolute Gasteiger partial charge is 0.309 e. The van der Waals surface area contributed by atoms with E-state index in [1.807, 2.05) is 61.5 Å². The number of benzene rings is 2. The lowest BCUT2D eigenvalue weighted by Gasteiger charge is -2.16. The van der Waals surface area contributed by atoms with Gasteiger partial charge in [-0.1, -0.05) is 73.5 Å². The molecule has 0 heterocycles. The Hall–Kier alpha value is -1.97. The summed E-state index contributed by atoms with van der Waals surface area (Å²) in [5.41, 5.74) is 0.854. The highest BCUT2D eigenvalue weighted by Gasteiger charge is 2.20. The van der Waals surface area contributed by atoms with Crippen LogP contribution in [0.25, 0.3) is 0 Å². The molecule has 0 bridgehead atoms. The minimum atomic E-state index is -0.337. The third-order valence-electron chi connectivity index (χ3n) is 3.81. The first-order chi connectivity index (χ1) is 12.0. The van der Waals surface area contributed by atoms with E-state index in [9.17, 15) is 4.79 Å². The molecule has 0 aliphatic carbocycles. The summed E-state index contributed by atoms with van der Waals surface area (Å²) in [6.45, 7) is 3.83. The molecule has 2 aromatic rings. The second-order valence-electron chi connectivity index (χ2n) is 5.77. The Morgan fingerprint density at radius 2 is 1.72 bits per heavy atom. The molecule has 25 heavy (non-hydrogen) atoms. The zero-order chi connectivity index (χ0) is 18.2. The van der Waals surface area contributed by atoms with Gasteiger partial charge in [-0.2, -0.15) is 0 Å². The lowest BCUT2D eigenvalue weighted by molar-refractivity contribution is -0.150. The van der Waals surface area contributed by atoms with Crippen molar-refractivity contribution in [1.29, 1.82) is 0 Å². The van der Waals surface area contributed by atoms with E-state index >= 15 is 0 Å². The summed E-state index contributed by atoms with van der Waals surface area (Å²) >= 11 is 11.3. The van der Waals surface area contributed by atoms with Crippen molar-refractivity contribution in [3.05, 3.63) is 70.7 Å². The van der Waals surface area contributed by atoms with Crippen molar-refractivity contribution < 1.29 is 14.3 Å². The highest BCUT2D eigenvalue weighted by atomic mass is 35.5. The predicted octanol–water partition coefficient (Wildman–Crippen LogP) is 6.11. The number of ether oxygens (including phenoxy) is 2. The van der Waals surface area contributed by atoms with E-state index in [0.29, 0.717) is 5.75 Å². The average Bonchev–Trinajstić information content (AvgIpc) is 2.59. The molecule has 0 amide bonds. The van der Waals surface area contributed by atoms with Gasteiger partial charge in [-0.3, -0.25) is 4.79 Å². The number of carbonyl (C=O) groups excluding carboxylic acids is 1. The summed E-state index contributed by atoms with van der Waals surface area (Å²) in [6.07, 6.45) is 1.63. The third kappa shape index (κ3) is 6.45. The molecule has 5 heteroatoms. The molecule has 2 rings (SSSR count). The van der Waals surface area contributed by atoms with Gasteiger partial charge >= 0.3 is 5.97 Å². The molecule has 0 fully saturated rings. The maximum Gasteiger partial charge on any atom is 0.309 e. The quantitative estimate of drug-likeness (QED) is 0.544. The van der Waals surface area contributed by atoms with Crippen LogP contribution in [0, 0.1) is 11.8 Å². The van der Waals surface area contributed by atoms with Gasteiger partial charge in [0.05, 0.1) is 5.92 Å². The lowest BCUT2D eigenvalue weighted by Crippen LogP contribution is -2.20. The van der Waals surface area contributed by atoms with Gasteiger partial charge in [0.1, 0.15) is 22.6 Å².